The van der Waals surface area contributed by atoms with Crippen molar-refractivity contribution in [3.8, 4) is 0 Å². The molecule has 0 bridgehead atoms. The zero-order chi connectivity index (χ0) is 16.5. The van der Waals surface area contributed by atoms with Crippen LogP contribution < -0.4 is 0 Å². The van der Waals surface area contributed by atoms with Crippen molar-refractivity contribution < 1.29 is 23.4 Å². The summed E-state index contributed by atoms with van der Waals surface area (Å²) >= 11 is 0. The first-order valence-electron chi connectivity index (χ1n) is 7.36. The monoisotopic (exact) mass is 317 g/mol. The summed E-state index contributed by atoms with van der Waals surface area (Å²) in [6.07, 6.45) is -2.85. The Morgan fingerprint density at radius 1 is 1.27 bits per heavy atom. The lowest BCUT2D eigenvalue weighted by Gasteiger charge is -2.31. The van der Waals surface area contributed by atoms with Gasteiger partial charge in [-0.2, -0.15) is 13.2 Å². The van der Waals surface area contributed by atoms with Crippen LogP contribution in [0.3, 0.4) is 0 Å². The van der Waals surface area contributed by atoms with Gasteiger partial charge in [-0.15, -0.1) is 0 Å². The molecule has 124 valence electrons. The number of aliphatic hydroxyl groups excluding tert-OH is 1. The summed E-state index contributed by atoms with van der Waals surface area (Å²) in [4.78, 5) is 1.75. The van der Waals surface area contributed by atoms with E-state index in [9.17, 15) is 23.4 Å². The Morgan fingerprint density at radius 3 is 2.41 bits per heavy atom. The summed E-state index contributed by atoms with van der Waals surface area (Å²) in [6.45, 7) is 2.04. The molecule has 22 heavy (non-hydrogen) atoms. The minimum Gasteiger partial charge on any atom is -0.392 e. The molecule has 2 N–H and O–H groups in total. The summed E-state index contributed by atoms with van der Waals surface area (Å²) in [6, 6.07) is 4.75. The van der Waals surface area contributed by atoms with Gasteiger partial charge in [0.25, 0.3) is 0 Å². The standard InChI is InChI=1S/C16H22F3NO2/c1-15(22,10-20(2)9-14(21)11-6-7-11)12-4-3-5-13(8-12)16(17,18)19/h3-5,8,11,14,21-22H,6-7,9-10H2,1-2H3. The van der Waals surface area contributed by atoms with Crippen molar-refractivity contribution in [2.45, 2.75) is 37.6 Å². The van der Waals surface area contributed by atoms with E-state index >= 15 is 0 Å². The van der Waals surface area contributed by atoms with Gasteiger partial charge in [0, 0.05) is 13.1 Å². The number of likely N-dealkylation sites (N-methyl/N-ethyl adjacent to an activating group) is 1. The van der Waals surface area contributed by atoms with Crippen molar-refractivity contribution in [1.82, 2.24) is 4.90 Å². The summed E-state index contributed by atoms with van der Waals surface area (Å²) in [5.41, 5.74) is -1.97. The molecule has 1 aliphatic rings. The van der Waals surface area contributed by atoms with Crippen LogP contribution in [0.1, 0.15) is 30.9 Å². The van der Waals surface area contributed by atoms with E-state index in [1.807, 2.05) is 0 Å². The molecule has 1 aliphatic carbocycles. The molecular weight excluding hydrogens is 295 g/mol. The van der Waals surface area contributed by atoms with Gasteiger partial charge in [-0.3, -0.25) is 0 Å². The molecule has 0 radical (unpaired) electrons. The molecule has 0 saturated heterocycles. The largest absolute Gasteiger partial charge is 0.416 e. The Bertz CT molecular complexity index is 512. The number of aliphatic hydroxyl groups is 2. The smallest absolute Gasteiger partial charge is 0.392 e. The van der Waals surface area contributed by atoms with Gasteiger partial charge in [-0.05, 0) is 50.4 Å². The molecular formula is C16H22F3NO2. The molecule has 2 atom stereocenters. The summed E-state index contributed by atoms with van der Waals surface area (Å²) in [5.74, 6) is 0.320. The Labute approximate surface area is 128 Å². The molecule has 1 aromatic carbocycles. The van der Waals surface area contributed by atoms with Crippen LogP contribution >= 0.6 is 0 Å². The van der Waals surface area contributed by atoms with Crippen LogP contribution in [0.25, 0.3) is 0 Å². The Kier molecular flexibility index (Phi) is 4.84. The minimum atomic E-state index is -4.43. The van der Waals surface area contributed by atoms with Crippen molar-refractivity contribution in [3.63, 3.8) is 0 Å². The molecule has 1 fully saturated rings. The van der Waals surface area contributed by atoms with Crippen molar-refractivity contribution >= 4 is 0 Å². The molecule has 1 aromatic rings. The van der Waals surface area contributed by atoms with Crippen LogP contribution in [0.2, 0.25) is 0 Å². The fourth-order valence-corrected chi connectivity index (χ4v) is 2.66. The van der Waals surface area contributed by atoms with Gasteiger partial charge in [0.1, 0.15) is 0 Å². The predicted octanol–water partition coefficient (Wildman–Crippen LogP) is 2.62. The third kappa shape index (κ3) is 4.44. The van der Waals surface area contributed by atoms with E-state index in [1.165, 1.54) is 19.1 Å². The second-order valence-electron chi connectivity index (χ2n) is 6.45. The van der Waals surface area contributed by atoms with Crippen LogP contribution in [0.4, 0.5) is 13.2 Å². The van der Waals surface area contributed by atoms with Gasteiger partial charge in [-0.1, -0.05) is 12.1 Å². The van der Waals surface area contributed by atoms with E-state index in [1.54, 1.807) is 11.9 Å². The third-order valence-electron chi connectivity index (χ3n) is 4.05. The first-order chi connectivity index (χ1) is 10.1. The number of halogens is 3. The van der Waals surface area contributed by atoms with Gasteiger partial charge in [-0.25, -0.2) is 0 Å². The number of nitrogens with zero attached hydrogens (tertiary/aromatic N) is 1. The first kappa shape index (κ1) is 17.2. The molecule has 0 heterocycles. The quantitative estimate of drug-likeness (QED) is 0.848. The summed E-state index contributed by atoms with van der Waals surface area (Å²) in [5, 5.41) is 20.4. The number of rotatable bonds is 6. The summed E-state index contributed by atoms with van der Waals surface area (Å²) < 4.78 is 38.3. The van der Waals surface area contributed by atoms with E-state index in [0.29, 0.717) is 12.5 Å². The molecule has 0 aromatic heterocycles. The average molecular weight is 317 g/mol. The highest BCUT2D eigenvalue weighted by Crippen LogP contribution is 2.34. The number of hydrogen-bond donors (Lipinski definition) is 2. The topological polar surface area (TPSA) is 43.7 Å². The Hall–Kier alpha value is -1.11. The maximum Gasteiger partial charge on any atom is 0.416 e. The van der Waals surface area contributed by atoms with Gasteiger partial charge < -0.3 is 15.1 Å². The average Bonchev–Trinajstić information content (AvgIpc) is 3.21. The van der Waals surface area contributed by atoms with E-state index in [4.69, 9.17) is 0 Å². The lowest BCUT2D eigenvalue weighted by molar-refractivity contribution is -0.137. The molecule has 0 aliphatic heterocycles. The predicted molar refractivity (Wildman–Crippen MR) is 77.2 cm³/mol. The molecule has 0 spiro atoms. The number of alkyl halides is 3. The number of benzene rings is 1. The maximum atomic E-state index is 12.8. The molecule has 2 rings (SSSR count). The fraction of sp³-hybridized carbons (Fsp3) is 0.625. The van der Waals surface area contributed by atoms with Gasteiger partial charge in [0.2, 0.25) is 0 Å². The lowest BCUT2D eigenvalue weighted by Crippen LogP contribution is -2.40. The van der Waals surface area contributed by atoms with Crippen molar-refractivity contribution in [1.29, 1.82) is 0 Å². The highest BCUT2D eigenvalue weighted by atomic mass is 19.4. The SMILES string of the molecule is CN(CC(O)C1CC1)CC(C)(O)c1cccc(C(F)(F)F)c1. The molecule has 1 saturated carbocycles. The van der Waals surface area contributed by atoms with Crippen molar-refractivity contribution in [2.24, 2.45) is 5.92 Å². The van der Waals surface area contributed by atoms with Crippen molar-refractivity contribution in [3.05, 3.63) is 35.4 Å². The van der Waals surface area contributed by atoms with E-state index < -0.39 is 23.4 Å². The highest BCUT2D eigenvalue weighted by Gasteiger charge is 2.34. The van der Waals surface area contributed by atoms with E-state index in [2.05, 4.69) is 0 Å². The Morgan fingerprint density at radius 2 is 1.86 bits per heavy atom. The van der Waals surface area contributed by atoms with Gasteiger partial charge in [0.15, 0.2) is 0 Å². The van der Waals surface area contributed by atoms with Gasteiger partial charge in [0.05, 0.1) is 17.3 Å². The van der Waals surface area contributed by atoms with Crippen LogP contribution in [0.5, 0.6) is 0 Å². The molecule has 2 unspecified atom stereocenters. The zero-order valence-corrected chi connectivity index (χ0v) is 12.8. The molecule has 0 amide bonds. The summed E-state index contributed by atoms with van der Waals surface area (Å²) in [7, 11) is 1.74. The third-order valence-corrected chi connectivity index (χ3v) is 4.05. The van der Waals surface area contributed by atoms with E-state index in [-0.39, 0.29) is 12.1 Å². The minimum absolute atomic E-state index is 0.151. The normalized spacial score (nSPS) is 20.0. The van der Waals surface area contributed by atoms with Crippen LogP contribution in [0.15, 0.2) is 24.3 Å². The zero-order valence-electron chi connectivity index (χ0n) is 12.8. The van der Waals surface area contributed by atoms with Gasteiger partial charge >= 0.3 is 6.18 Å². The fourth-order valence-electron chi connectivity index (χ4n) is 2.66. The number of hydrogen-bond acceptors (Lipinski definition) is 3. The second-order valence-corrected chi connectivity index (χ2v) is 6.45. The van der Waals surface area contributed by atoms with Crippen LogP contribution in [-0.2, 0) is 11.8 Å². The lowest BCUT2D eigenvalue weighted by atomic mass is 9.93. The van der Waals surface area contributed by atoms with E-state index in [0.717, 1.165) is 25.0 Å². The highest BCUT2D eigenvalue weighted by molar-refractivity contribution is 5.29. The van der Waals surface area contributed by atoms with Crippen LogP contribution in [0, 0.1) is 5.92 Å². The molecule has 3 nitrogen and oxygen atoms in total. The molecule has 6 heteroatoms. The first-order valence-corrected chi connectivity index (χ1v) is 7.36. The van der Waals surface area contributed by atoms with Crippen LogP contribution in [-0.4, -0.2) is 41.4 Å². The maximum absolute atomic E-state index is 12.8. The second kappa shape index (κ2) is 6.18. The Balaban J connectivity index is 2.05. The van der Waals surface area contributed by atoms with Crippen molar-refractivity contribution in [2.75, 3.05) is 20.1 Å².